The monoisotopic (exact) mass is 251 g/mol. The smallest absolute Gasteiger partial charge is 0.334 e. The van der Waals surface area contributed by atoms with E-state index >= 15 is 0 Å². The number of aliphatic hydroxyl groups excluding tert-OH is 1. The van der Waals surface area contributed by atoms with Gasteiger partial charge in [0.1, 0.15) is 0 Å². The minimum Gasteiger partial charge on any atom is -0.479 e. The molecule has 3 N–H and O–H groups in total. The van der Waals surface area contributed by atoms with Crippen molar-refractivity contribution in [2.75, 3.05) is 6.54 Å². The largest absolute Gasteiger partial charge is 0.479 e. The third-order valence-corrected chi connectivity index (χ3v) is 2.54. The van der Waals surface area contributed by atoms with E-state index in [0.29, 0.717) is 6.42 Å². The average Bonchev–Trinajstić information content (AvgIpc) is 2.35. The second kappa shape index (κ2) is 6.76. The molecule has 18 heavy (non-hydrogen) atoms. The lowest BCUT2D eigenvalue weighted by Gasteiger charge is -2.07. The number of carbonyl (C=O) groups excluding carboxylic acids is 1. The number of carbonyl (C=O) groups is 2. The van der Waals surface area contributed by atoms with Crippen LogP contribution in [-0.2, 0) is 16.0 Å². The average molecular weight is 251 g/mol. The molecule has 0 aliphatic carbocycles. The predicted molar refractivity (Wildman–Crippen MR) is 66.2 cm³/mol. The molecule has 1 atom stereocenters. The highest BCUT2D eigenvalue weighted by molar-refractivity contribution is 5.78. The van der Waals surface area contributed by atoms with Crippen LogP contribution in [0.25, 0.3) is 0 Å². The van der Waals surface area contributed by atoms with E-state index in [-0.39, 0.29) is 18.9 Å². The van der Waals surface area contributed by atoms with Crippen molar-refractivity contribution in [3.8, 4) is 0 Å². The summed E-state index contributed by atoms with van der Waals surface area (Å²) in [7, 11) is 0. The molecule has 98 valence electrons. The maximum absolute atomic E-state index is 11.4. The van der Waals surface area contributed by atoms with Crippen LogP contribution < -0.4 is 5.32 Å². The number of carboxylic acids is 1. The van der Waals surface area contributed by atoms with E-state index in [0.717, 1.165) is 11.1 Å². The van der Waals surface area contributed by atoms with Gasteiger partial charge in [0.2, 0.25) is 5.91 Å². The Morgan fingerprint density at radius 3 is 2.44 bits per heavy atom. The molecule has 0 aliphatic heterocycles. The van der Waals surface area contributed by atoms with Gasteiger partial charge in [0.15, 0.2) is 6.10 Å². The quantitative estimate of drug-likeness (QED) is 0.686. The van der Waals surface area contributed by atoms with Crippen LogP contribution in [0.15, 0.2) is 24.3 Å². The number of hydrogen-bond acceptors (Lipinski definition) is 3. The molecule has 0 heterocycles. The van der Waals surface area contributed by atoms with Gasteiger partial charge in [0, 0.05) is 6.42 Å². The molecule has 0 aromatic heterocycles. The maximum Gasteiger partial charge on any atom is 0.334 e. The Hall–Kier alpha value is -1.88. The molecule has 1 unspecified atom stereocenters. The van der Waals surface area contributed by atoms with Crippen molar-refractivity contribution in [3.05, 3.63) is 35.4 Å². The molecule has 1 rings (SSSR count). The minimum atomic E-state index is -1.55. The highest BCUT2D eigenvalue weighted by Crippen LogP contribution is 2.05. The number of benzene rings is 1. The summed E-state index contributed by atoms with van der Waals surface area (Å²) < 4.78 is 0. The SMILES string of the molecule is Cc1ccc(CCC(=O)NCC(O)C(=O)O)cc1. The van der Waals surface area contributed by atoms with Gasteiger partial charge in [0.05, 0.1) is 6.54 Å². The summed E-state index contributed by atoms with van der Waals surface area (Å²) in [6.07, 6.45) is -0.682. The lowest BCUT2D eigenvalue weighted by Crippen LogP contribution is -2.36. The summed E-state index contributed by atoms with van der Waals surface area (Å²) in [5.74, 6) is -1.61. The van der Waals surface area contributed by atoms with E-state index in [1.807, 2.05) is 31.2 Å². The highest BCUT2D eigenvalue weighted by atomic mass is 16.4. The number of aryl methyl sites for hydroxylation is 2. The zero-order valence-corrected chi connectivity index (χ0v) is 10.2. The number of carboxylic acid groups (broad SMARTS) is 1. The van der Waals surface area contributed by atoms with Crippen molar-refractivity contribution in [2.24, 2.45) is 0 Å². The first-order valence-electron chi connectivity index (χ1n) is 5.72. The molecule has 1 aromatic carbocycles. The summed E-state index contributed by atoms with van der Waals surface area (Å²) in [5.41, 5.74) is 2.21. The fraction of sp³-hybridized carbons (Fsp3) is 0.385. The Labute approximate surface area is 105 Å². The highest BCUT2D eigenvalue weighted by Gasteiger charge is 2.13. The summed E-state index contributed by atoms with van der Waals surface area (Å²) >= 11 is 0. The fourth-order valence-electron chi connectivity index (χ4n) is 1.40. The summed E-state index contributed by atoms with van der Waals surface area (Å²) in [4.78, 5) is 21.7. The molecular formula is C13H17NO4. The molecule has 0 radical (unpaired) electrons. The van der Waals surface area contributed by atoms with E-state index in [9.17, 15) is 9.59 Å². The number of nitrogens with one attached hydrogen (secondary N) is 1. The topological polar surface area (TPSA) is 86.6 Å². The fourth-order valence-corrected chi connectivity index (χ4v) is 1.40. The molecule has 0 saturated carbocycles. The Kier molecular flexibility index (Phi) is 5.32. The van der Waals surface area contributed by atoms with Gasteiger partial charge in [-0.25, -0.2) is 4.79 Å². The zero-order chi connectivity index (χ0) is 13.5. The van der Waals surface area contributed by atoms with Gasteiger partial charge in [-0.1, -0.05) is 29.8 Å². The first kappa shape index (κ1) is 14.2. The Morgan fingerprint density at radius 2 is 1.89 bits per heavy atom. The zero-order valence-electron chi connectivity index (χ0n) is 10.2. The van der Waals surface area contributed by atoms with Gasteiger partial charge in [-0.2, -0.15) is 0 Å². The summed E-state index contributed by atoms with van der Waals surface area (Å²) in [6.45, 7) is 1.73. The van der Waals surface area contributed by atoms with Crippen molar-refractivity contribution in [1.29, 1.82) is 0 Å². The van der Waals surface area contributed by atoms with E-state index < -0.39 is 12.1 Å². The first-order valence-corrected chi connectivity index (χ1v) is 5.72. The van der Waals surface area contributed by atoms with Crippen LogP contribution >= 0.6 is 0 Å². The molecule has 0 aliphatic rings. The van der Waals surface area contributed by atoms with Gasteiger partial charge in [-0.15, -0.1) is 0 Å². The van der Waals surface area contributed by atoms with Gasteiger partial charge in [-0.3, -0.25) is 4.79 Å². The van der Waals surface area contributed by atoms with Crippen LogP contribution in [0.2, 0.25) is 0 Å². The van der Waals surface area contributed by atoms with Crippen LogP contribution in [0.3, 0.4) is 0 Å². The molecule has 1 aromatic rings. The molecule has 0 bridgehead atoms. The van der Waals surface area contributed by atoms with E-state index in [2.05, 4.69) is 5.32 Å². The van der Waals surface area contributed by atoms with Crippen molar-refractivity contribution < 1.29 is 19.8 Å². The van der Waals surface area contributed by atoms with Crippen LogP contribution in [0.1, 0.15) is 17.5 Å². The number of hydrogen-bond donors (Lipinski definition) is 3. The Bertz CT molecular complexity index is 414. The van der Waals surface area contributed by atoms with Crippen LogP contribution in [-0.4, -0.2) is 34.7 Å². The van der Waals surface area contributed by atoms with Crippen molar-refractivity contribution >= 4 is 11.9 Å². The molecule has 0 fully saturated rings. The first-order chi connectivity index (χ1) is 8.49. The molecular weight excluding hydrogens is 234 g/mol. The Balaban J connectivity index is 2.29. The third-order valence-electron chi connectivity index (χ3n) is 2.54. The van der Waals surface area contributed by atoms with E-state index in [1.54, 1.807) is 0 Å². The van der Waals surface area contributed by atoms with Crippen molar-refractivity contribution in [2.45, 2.75) is 25.9 Å². The Morgan fingerprint density at radius 1 is 1.28 bits per heavy atom. The second-order valence-corrected chi connectivity index (χ2v) is 4.14. The van der Waals surface area contributed by atoms with Gasteiger partial charge in [0.25, 0.3) is 0 Å². The molecule has 0 spiro atoms. The summed E-state index contributed by atoms with van der Waals surface area (Å²) in [6, 6.07) is 7.85. The molecule has 5 heteroatoms. The van der Waals surface area contributed by atoms with E-state index in [4.69, 9.17) is 10.2 Å². The number of aliphatic hydroxyl groups is 1. The van der Waals surface area contributed by atoms with Gasteiger partial charge >= 0.3 is 5.97 Å². The second-order valence-electron chi connectivity index (χ2n) is 4.14. The molecule has 5 nitrogen and oxygen atoms in total. The number of rotatable bonds is 6. The minimum absolute atomic E-state index is 0.262. The van der Waals surface area contributed by atoms with Gasteiger partial charge in [-0.05, 0) is 18.9 Å². The van der Waals surface area contributed by atoms with Crippen molar-refractivity contribution in [1.82, 2.24) is 5.32 Å². The van der Waals surface area contributed by atoms with Crippen LogP contribution in [0.5, 0.6) is 0 Å². The number of amides is 1. The predicted octanol–water partition coefficient (Wildman–Crippen LogP) is 0.489. The van der Waals surface area contributed by atoms with E-state index in [1.165, 1.54) is 0 Å². The van der Waals surface area contributed by atoms with Crippen molar-refractivity contribution in [3.63, 3.8) is 0 Å². The maximum atomic E-state index is 11.4. The van der Waals surface area contributed by atoms with Gasteiger partial charge < -0.3 is 15.5 Å². The normalized spacial score (nSPS) is 11.9. The lowest BCUT2D eigenvalue weighted by atomic mass is 10.1. The molecule has 1 amide bonds. The standard InChI is InChI=1S/C13H17NO4/c1-9-2-4-10(5-3-9)6-7-12(16)14-8-11(15)13(17)18/h2-5,11,15H,6-8H2,1H3,(H,14,16)(H,17,18). The third kappa shape index (κ3) is 4.97. The lowest BCUT2D eigenvalue weighted by molar-refractivity contribution is -0.146. The molecule has 0 saturated heterocycles. The number of aliphatic carboxylic acids is 1. The van der Waals surface area contributed by atoms with Crippen LogP contribution in [0, 0.1) is 6.92 Å². The van der Waals surface area contributed by atoms with Crippen LogP contribution in [0.4, 0.5) is 0 Å². The summed E-state index contributed by atoms with van der Waals surface area (Å²) in [5, 5.41) is 19.8.